The van der Waals surface area contributed by atoms with Gasteiger partial charge in [-0.15, -0.1) is 0 Å². The fourth-order valence-electron chi connectivity index (χ4n) is 5.74. The molecule has 7 nitrogen and oxygen atoms in total. The van der Waals surface area contributed by atoms with Crippen LogP contribution in [0, 0.1) is 19.3 Å². The van der Waals surface area contributed by atoms with Crippen molar-refractivity contribution in [3.63, 3.8) is 0 Å². The van der Waals surface area contributed by atoms with Gasteiger partial charge in [0.2, 0.25) is 0 Å². The molecule has 1 aliphatic carbocycles. The summed E-state index contributed by atoms with van der Waals surface area (Å²) in [6, 6.07) is 14.0. The number of pyridine rings is 1. The number of carbonyl (C=O) groups is 3. The number of nitrogens with zero attached hydrogens (tertiary/aromatic N) is 1. The van der Waals surface area contributed by atoms with Crippen LogP contribution in [0.15, 0.2) is 78.1 Å². The summed E-state index contributed by atoms with van der Waals surface area (Å²) in [5.41, 5.74) is 3.47. The zero-order valence-corrected chi connectivity index (χ0v) is 21.8. The predicted molar refractivity (Wildman–Crippen MR) is 146 cm³/mol. The van der Waals surface area contributed by atoms with Gasteiger partial charge >= 0.3 is 5.97 Å². The minimum Gasteiger partial charge on any atom is -0.467 e. The van der Waals surface area contributed by atoms with Crippen molar-refractivity contribution < 1.29 is 19.1 Å². The summed E-state index contributed by atoms with van der Waals surface area (Å²) >= 11 is 0. The van der Waals surface area contributed by atoms with Crippen molar-refractivity contribution in [1.82, 2.24) is 15.6 Å². The number of Topliss-reactive ketones (excluding diaryl/α,β-unsaturated/α-hetero) is 1. The van der Waals surface area contributed by atoms with Gasteiger partial charge in [-0.2, -0.15) is 0 Å². The summed E-state index contributed by atoms with van der Waals surface area (Å²) < 4.78 is 5.11. The van der Waals surface area contributed by atoms with Crippen molar-refractivity contribution in [1.29, 1.82) is 0 Å². The fraction of sp³-hybridized carbons (Fsp3) is 0.290. The maximum atomic E-state index is 14.5. The molecule has 1 unspecified atom stereocenters. The largest absolute Gasteiger partial charge is 0.467 e. The highest BCUT2D eigenvalue weighted by atomic mass is 16.5. The Morgan fingerprint density at radius 1 is 1.11 bits per heavy atom. The Bertz CT molecular complexity index is 1480. The average Bonchev–Trinajstić information content (AvgIpc) is 3.30. The molecule has 1 aromatic heterocycles. The van der Waals surface area contributed by atoms with Gasteiger partial charge in [-0.1, -0.05) is 47.5 Å². The third kappa shape index (κ3) is 4.60. The number of allylic oxidation sites excluding steroid dienone is 2. The van der Waals surface area contributed by atoms with Crippen LogP contribution in [0.3, 0.4) is 0 Å². The maximum Gasteiger partial charge on any atom is 0.328 e. The van der Waals surface area contributed by atoms with E-state index in [9.17, 15) is 14.4 Å². The minimum atomic E-state index is -1.08. The summed E-state index contributed by atoms with van der Waals surface area (Å²) in [4.78, 5) is 45.4. The smallest absolute Gasteiger partial charge is 0.328 e. The molecule has 2 N–H and O–H groups in total. The lowest BCUT2D eigenvalue weighted by Crippen LogP contribution is -2.49. The van der Waals surface area contributed by atoms with Crippen LogP contribution >= 0.6 is 0 Å². The number of ketones is 1. The monoisotopic (exact) mass is 509 g/mol. The molecule has 0 saturated heterocycles. The molecule has 0 fully saturated rings. The van der Waals surface area contributed by atoms with Gasteiger partial charge in [-0.25, -0.2) is 4.79 Å². The topological polar surface area (TPSA) is 97.4 Å². The molecule has 0 radical (unpaired) electrons. The minimum absolute atomic E-state index is 0.0552. The Morgan fingerprint density at radius 3 is 2.63 bits per heavy atom. The van der Waals surface area contributed by atoms with Gasteiger partial charge in [0.05, 0.1) is 12.5 Å². The van der Waals surface area contributed by atoms with Crippen molar-refractivity contribution in [3.8, 4) is 0 Å². The summed E-state index contributed by atoms with van der Waals surface area (Å²) in [5, 5.41) is 7.94. The molecule has 2 aromatic carbocycles. The molecule has 7 heteroatoms. The molecular formula is C31H31N3O4. The number of benzene rings is 2. The van der Waals surface area contributed by atoms with E-state index in [1.807, 2.05) is 56.3 Å². The third-order valence-corrected chi connectivity index (χ3v) is 7.48. The number of hydrogen-bond acceptors (Lipinski definition) is 6. The van der Waals surface area contributed by atoms with Gasteiger partial charge in [0.1, 0.15) is 11.7 Å². The van der Waals surface area contributed by atoms with Gasteiger partial charge in [0, 0.05) is 29.4 Å². The van der Waals surface area contributed by atoms with Crippen molar-refractivity contribution in [2.24, 2.45) is 5.41 Å². The summed E-state index contributed by atoms with van der Waals surface area (Å²) in [7, 11) is 1.29. The van der Waals surface area contributed by atoms with Gasteiger partial charge in [-0.05, 0) is 68.3 Å². The lowest BCUT2D eigenvalue weighted by Gasteiger charge is -2.33. The molecular weight excluding hydrogens is 478 g/mol. The van der Waals surface area contributed by atoms with E-state index < -0.39 is 17.4 Å². The Morgan fingerprint density at radius 2 is 1.87 bits per heavy atom. The zero-order valence-electron chi connectivity index (χ0n) is 21.8. The van der Waals surface area contributed by atoms with Gasteiger partial charge < -0.3 is 15.4 Å². The Balaban J connectivity index is 1.57. The standard InChI is InChI=1S/C31H31N3O4/c1-19-14-20(2)16-22(15-19)29(36)34-26(30(37)38-3)17-31(18-33-25-11-7-6-10-24(25)31)28(35)27-23-9-5-4-8-21(23)12-13-32-27/h4-5,7-9,11-16,26,33H,6,10,17-18H2,1-3H3,(H,34,36)/t26-,31?/m0/s1. The van der Waals surface area contributed by atoms with Gasteiger partial charge in [-0.3, -0.25) is 14.6 Å². The molecule has 0 saturated carbocycles. The molecule has 38 heavy (non-hydrogen) atoms. The predicted octanol–water partition coefficient (Wildman–Crippen LogP) is 4.59. The van der Waals surface area contributed by atoms with E-state index in [4.69, 9.17) is 4.74 Å². The Hall–Kier alpha value is -4.26. The lowest BCUT2D eigenvalue weighted by molar-refractivity contribution is -0.143. The number of hydrogen-bond donors (Lipinski definition) is 2. The number of carbonyl (C=O) groups excluding carboxylic acids is 3. The second-order valence-electron chi connectivity index (χ2n) is 10.1. The van der Waals surface area contributed by atoms with Crippen LogP contribution in [0.25, 0.3) is 10.8 Å². The number of aromatic nitrogens is 1. The second kappa shape index (κ2) is 10.2. The third-order valence-electron chi connectivity index (χ3n) is 7.48. The van der Waals surface area contributed by atoms with Crippen LogP contribution in [-0.4, -0.2) is 42.3 Å². The number of nitrogens with one attached hydrogen (secondary N) is 2. The first-order chi connectivity index (χ1) is 18.3. The number of ether oxygens (including phenoxy) is 1. The van der Waals surface area contributed by atoms with E-state index in [2.05, 4.69) is 21.7 Å². The molecule has 3 aromatic rings. The molecule has 2 aliphatic rings. The van der Waals surface area contributed by atoms with Crippen LogP contribution in [0.2, 0.25) is 0 Å². The highest BCUT2D eigenvalue weighted by molar-refractivity contribution is 6.11. The van der Waals surface area contributed by atoms with Gasteiger partial charge in [0.15, 0.2) is 5.78 Å². The van der Waals surface area contributed by atoms with Crippen molar-refractivity contribution in [2.75, 3.05) is 13.7 Å². The quantitative estimate of drug-likeness (QED) is 0.357. The molecule has 0 bridgehead atoms. The maximum absolute atomic E-state index is 14.5. The number of amides is 1. The molecule has 5 rings (SSSR count). The number of fused-ring (bicyclic) bond motifs is 1. The SMILES string of the molecule is COC(=O)[C@H](CC1(C(=O)c2nccc3ccccc23)CNC2=C1CCC=C2)NC(=O)c1cc(C)cc(C)c1. The molecule has 194 valence electrons. The lowest BCUT2D eigenvalue weighted by atomic mass is 9.69. The van der Waals surface area contributed by atoms with Crippen LogP contribution < -0.4 is 10.6 Å². The van der Waals surface area contributed by atoms with Crippen LogP contribution in [0.1, 0.15) is 51.2 Å². The van der Waals surface area contributed by atoms with Crippen LogP contribution in [0.5, 0.6) is 0 Å². The molecule has 2 heterocycles. The van der Waals surface area contributed by atoms with Crippen molar-refractivity contribution in [3.05, 3.63) is 101 Å². The van der Waals surface area contributed by atoms with E-state index in [0.717, 1.165) is 39.6 Å². The first-order valence-corrected chi connectivity index (χ1v) is 12.8. The zero-order chi connectivity index (χ0) is 26.9. The molecule has 1 aliphatic heterocycles. The highest BCUT2D eigenvalue weighted by Crippen LogP contribution is 2.45. The van der Waals surface area contributed by atoms with Crippen LogP contribution in [0.4, 0.5) is 0 Å². The van der Waals surface area contributed by atoms with E-state index in [1.54, 1.807) is 18.3 Å². The average molecular weight is 510 g/mol. The number of methoxy groups -OCH3 is 1. The van der Waals surface area contributed by atoms with E-state index >= 15 is 0 Å². The number of esters is 1. The summed E-state index contributed by atoms with van der Waals surface area (Å²) in [6.07, 6.45) is 7.22. The Labute approximate surface area is 222 Å². The van der Waals surface area contributed by atoms with E-state index in [1.165, 1.54) is 7.11 Å². The first kappa shape index (κ1) is 25.4. The summed E-state index contributed by atoms with van der Waals surface area (Å²) in [6.45, 7) is 4.14. The van der Waals surface area contributed by atoms with E-state index in [-0.39, 0.29) is 18.1 Å². The number of rotatable bonds is 7. The summed E-state index contributed by atoms with van der Waals surface area (Å²) in [5.74, 6) is -1.15. The van der Waals surface area contributed by atoms with Crippen LogP contribution in [-0.2, 0) is 9.53 Å². The van der Waals surface area contributed by atoms with Gasteiger partial charge in [0.25, 0.3) is 5.91 Å². The fourth-order valence-corrected chi connectivity index (χ4v) is 5.74. The first-order valence-electron chi connectivity index (χ1n) is 12.8. The molecule has 2 atom stereocenters. The van der Waals surface area contributed by atoms with E-state index in [0.29, 0.717) is 24.2 Å². The van der Waals surface area contributed by atoms with Crippen molar-refractivity contribution in [2.45, 2.75) is 39.2 Å². The number of aryl methyl sites for hydroxylation is 2. The second-order valence-corrected chi connectivity index (χ2v) is 10.1. The molecule has 0 spiro atoms. The normalized spacial score (nSPS) is 19.0. The molecule has 1 amide bonds. The highest BCUT2D eigenvalue weighted by Gasteiger charge is 2.50. The Kier molecular flexibility index (Phi) is 6.85. The van der Waals surface area contributed by atoms with Crippen molar-refractivity contribution >= 4 is 28.4 Å².